The Hall–Kier alpha value is -0.850. The topological polar surface area (TPSA) is 3.88 Å². The summed E-state index contributed by atoms with van der Waals surface area (Å²) in [5, 5.41) is 0. The Morgan fingerprint density at radius 3 is 0.760 bits per heavy atom. The highest BCUT2D eigenvalue weighted by Gasteiger charge is 2.09. The number of aromatic nitrogens is 1. The van der Waals surface area contributed by atoms with Crippen molar-refractivity contribution in [1.29, 1.82) is 0 Å². The molecular formula is C49H94N+. The first kappa shape index (κ1) is 47.2. The highest BCUT2D eigenvalue weighted by atomic mass is 14.9. The van der Waals surface area contributed by atoms with Gasteiger partial charge in [0, 0.05) is 17.5 Å². The SMILES string of the molecule is CCCCCCCCCCCCCCCCCC[n+]1cc(CCCCCCCCCCCCC)cc(CCCCCCCCCCCCC)c1. The summed E-state index contributed by atoms with van der Waals surface area (Å²) in [5.41, 5.74) is 3.22. The summed E-state index contributed by atoms with van der Waals surface area (Å²) in [7, 11) is 0. The third kappa shape index (κ3) is 33.0. The van der Waals surface area contributed by atoms with Crippen LogP contribution in [-0.4, -0.2) is 0 Å². The first-order valence-electron chi connectivity index (χ1n) is 23.8. The van der Waals surface area contributed by atoms with Crippen molar-refractivity contribution in [1.82, 2.24) is 0 Å². The lowest BCUT2D eigenvalue weighted by molar-refractivity contribution is -0.698. The molecule has 1 heteroatoms. The van der Waals surface area contributed by atoms with Gasteiger partial charge in [0.05, 0.1) is 0 Å². The van der Waals surface area contributed by atoms with Crippen molar-refractivity contribution >= 4 is 0 Å². The van der Waals surface area contributed by atoms with E-state index >= 15 is 0 Å². The van der Waals surface area contributed by atoms with Gasteiger partial charge in [0.1, 0.15) is 6.54 Å². The molecule has 0 aliphatic rings. The molecule has 50 heavy (non-hydrogen) atoms. The van der Waals surface area contributed by atoms with Crippen molar-refractivity contribution in [2.75, 3.05) is 0 Å². The van der Waals surface area contributed by atoms with E-state index in [1.807, 2.05) is 0 Å². The zero-order valence-corrected chi connectivity index (χ0v) is 35.2. The van der Waals surface area contributed by atoms with Crippen LogP contribution < -0.4 is 4.57 Å². The van der Waals surface area contributed by atoms with Crippen LogP contribution in [-0.2, 0) is 19.4 Å². The van der Waals surface area contributed by atoms with Crippen LogP contribution in [0, 0.1) is 0 Å². The second kappa shape index (κ2) is 39.4. The summed E-state index contributed by atoms with van der Waals surface area (Å²) in [6.45, 7) is 8.16. The van der Waals surface area contributed by atoms with Gasteiger partial charge in [-0.15, -0.1) is 0 Å². The fourth-order valence-corrected chi connectivity index (χ4v) is 8.01. The van der Waals surface area contributed by atoms with Crippen molar-refractivity contribution in [2.24, 2.45) is 0 Å². The Bertz CT molecular complexity index is 739. The van der Waals surface area contributed by atoms with Crippen LogP contribution in [0.15, 0.2) is 18.5 Å². The van der Waals surface area contributed by atoms with Gasteiger partial charge in [-0.1, -0.05) is 239 Å². The van der Waals surface area contributed by atoms with Gasteiger partial charge in [0.25, 0.3) is 0 Å². The van der Waals surface area contributed by atoms with Crippen molar-refractivity contribution in [3.05, 3.63) is 29.6 Å². The van der Waals surface area contributed by atoms with Crippen LogP contribution in [0.2, 0.25) is 0 Å². The number of pyridine rings is 1. The maximum atomic E-state index is 2.59. The Morgan fingerprint density at radius 1 is 0.280 bits per heavy atom. The average molecular weight is 697 g/mol. The van der Waals surface area contributed by atoms with E-state index in [1.54, 1.807) is 11.1 Å². The molecule has 0 unspecified atom stereocenters. The summed E-state index contributed by atoms with van der Waals surface area (Å²) in [4.78, 5) is 0. The Kier molecular flexibility index (Phi) is 37.1. The minimum atomic E-state index is 1.22. The van der Waals surface area contributed by atoms with Gasteiger partial charge < -0.3 is 0 Å². The smallest absolute Gasteiger partial charge is 0.171 e. The molecule has 0 spiro atoms. The fraction of sp³-hybridized carbons (Fsp3) is 0.898. The number of aryl methyl sites for hydroxylation is 3. The van der Waals surface area contributed by atoms with Crippen molar-refractivity contribution < 1.29 is 4.57 Å². The minimum Gasteiger partial charge on any atom is -0.205 e. The number of hydrogen-bond acceptors (Lipinski definition) is 0. The molecular weight excluding hydrogens is 603 g/mol. The molecule has 1 rings (SSSR count). The Balaban J connectivity index is 2.28. The second-order valence-corrected chi connectivity index (χ2v) is 16.7. The summed E-state index contributed by atoms with van der Waals surface area (Å²) >= 11 is 0. The largest absolute Gasteiger partial charge is 0.205 e. The highest BCUT2D eigenvalue weighted by molar-refractivity contribution is 5.15. The second-order valence-electron chi connectivity index (χ2n) is 16.7. The molecule has 0 bridgehead atoms. The van der Waals surface area contributed by atoms with Gasteiger partial charge >= 0.3 is 0 Å². The molecule has 1 nitrogen and oxygen atoms in total. The molecule has 0 radical (unpaired) electrons. The molecule has 0 aliphatic carbocycles. The molecule has 0 fully saturated rings. The molecule has 1 heterocycles. The number of unbranched alkanes of at least 4 members (excludes halogenated alkanes) is 35. The van der Waals surface area contributed by atoms with Crippen LogP contribution in [0.5, 0.6) is 0 Å². The van der Waals surface area contributed by atoms with E-state index in [1.165, 1.54) is 263 Å². The monoisotopic (exact) mass is 697 g/mol. The predicted molar refractivity (Wildman–Crippen MR) is 227 cm³/mol. The lowest BCUT2D eigenvalue weighted by Gasteiger charge is -2.07. The summed E-state index contributed by atoms with van der Waals surface area (Å²) < 4.78 is 2.59. The van der Waals surface area contributed by atoms with Gasteiger partial charge in [0.2, 0.25) is 0 Å². The zero-order chi connectivity index (χ0) is 35.8. The average Bonchev–Trinajstić information content (AvgIpc) is 3.12. The Labute approximate surface area is 317 Å². The molecule has 0 N–H and O–H groups in total. The molecule has 0 atom stereocenters. The number of rotatable bonds is 41. The zero-order valence-electron chi connectivity index (χ0n) is 35.2. The normalized spacial score (nSPS) is 11.6. The fourth-order valence-electron chi connectivity index (χ4n) is 8.01. The van der Waals surface area contributed by atoms with Gasteiger partial charge in [-0.2, -0.15) is 0 Å². The molecule has 0 saturated carbocycles. The van der Waals surface area contributed by atoms with Gasteiger partial charge in [-0.05, 0) is 38.2 Å². The molecule has 294 valence electrons. The number of hydrogen-bond donors (Lipinski definition) is 0. The third-order valence-electron chi connectivity index (χ3n) is 11.4. The lowest BCUT2D eigenvalue weighted by atomic mass is 10.0. The van der Waals surface area contributed by atoms with E-state index in [4.69, 9.17) is 0 Å². The van der Waals surface area contributed by atoms with Gasteiger partial charge in [-0.3, -0.25) is 0 Å². The summed E-state index contributed by atoms with van der Waals surface area (Å²) in [6, 6.07) is 2.58. The van der Waals surface area contributed by atoms with E-state index in [-0.39, 0.29) is 0 Å². The molecule has 0 amide bonds. The third-order valence-corrected chi connectivity index (χ3v) is 11.4. The van der Waals surface area contributed by atoms with Crippen molar-refractivity contribution in [2.45, 2.75) is 284 Å². The van der Waals surface area contributed by atoms with Crippen LogP contribution in [0.1, 0.15) is 276 Å². The molecule has 0 saturated heterocycles. The maximum absolute atomic E-state index is 2.59. The van der Waals surface area contributed by atoms with Gasteiger partial charge in [-0.25, -0.2) is 4.57 Å². The Morgan fingerprint density at radius 2 is 0.500 bits per heavy atom. The van der Waals surface area contributed by atoms with E-state index < -0.39 is 0 Å². The molecule has 0 aliphatic heterocycles. The first-order valence-corrected chi connectivity index (χ1v) is 23.8. The summed E-state index contributed by atoms with van der Waals surface area (Å²) in [5.74, 6) is 0. The van der Waals surface area contributed by atoms with Crippen molar-refractivity contribution in [3.8, 4) is 0 Å². The molecule has 1 aromatic rings. The minimum absolute atomic E-state index is 1.22. The maximum Gasteiger partial charge on any atom is 0.171 e. The van der Waals surface area contributed by atoms with Crippen molar-refractivity contribution in [3.63, 3.8) is 0 Å². The van der Waals surface area contributed by atoms with E-state index in [2.05, 4.69) is 43.8 Å². The van der Waals surface area contributed by atoms with Crippen LogP contribution >= 0.6 is 0 Å². The highest BCUT2D eigenvalue weighted by Crippen LogP contribution is 2.17. The quantitative estimate of drug-likeness (QED) is 0.0474. The van der Waals surface area contributed by atoms with Crippen LogP contribution in [0.25, 0.3) is 0 Å². The predicted octanol–water partition coefficient (Wildman–Crippen LogP) is 16.9. The van der Waals surface area contributed by atoms with Gasteiger partial charge in [0.15, 0.2) is 12.4 Å². The van der Waals surface area contributed by atoms with Crippen LogP contribution in [0.3, 0.4) is 0 Å². The summed E-state index contributed by atoms with van der Waals surface area (Å²) in [6.07, 6.45) is 62.3. The molecule has 0 aromatic carbocycles. The van der Waals surface area contributed by atoms with Crippen LogP contribution in [0.4, 0.5) is 0 Å². The van der Waals surface area contributed by atoms with E-state index in [0.717, 1.165) is 0 Å². The number of nitrogens with zero attached hydrogens (tertiary/aromatic N) is 1. The standard InChI is InChI=1S/C49H94N/c1-4-7-10-13-16-19-22-23-24-25-26-29-32-35-38-41-44-50-46-48(42-39-36-33-30-27-20-17-14-11-8-5-2)45-49(47-50)43-40-37-34-31-28-21-18-15-12-9-6-3/h45-47H,4-44H2,1-3H3/q+1. The van der Waals surface area contributed by atoms with E-state index in [0.29, 0.717) is 0 Å². The lowest BCUT2D eigenvalue weighted by Crippen LogP contribution is -2.34. The first-order chi connectivity index (χ1) is 24.8. The van der Waals surface area contributed by atoms with E-state index in [9.17, 15) is 0 Å². The molecule has 1 aromatic heterocycles.